The van der Waals surface area contributed by atoms with Crippen molar-refractivity contribution in [2.24, 2.45) is 0 Å². The van der Waals surface area contributed by atoms with Crippen LogP contribution >= 0.6 is 0 Å². The normalized spacial score (nSPS) is 14.1. The summed E-state index contributed by atoms with van der Waals surface area (Å²) in [5.41, 5.74) is 0.0875. The Balaban J connectivity index is 4.69. The third-order valence-corrected chi connectivity index (χ3v) is 4.26. The van der Waals surface area contributed by atoms with Crippen molar-refractivity contribution < 1.29 is 4.84 Å². The molecule has 3 heteroatoms. The maximum Gasteiger partial charge on any atom is 0.0682 e. The van der Waals surface area contributed by atoms with E-state index in [0.717, 1.165) is 19.6 Å². The second-order valence-corrected chi connectivity index (χ2v) is 6.82. The molecule has 0 N–H and O–H groups in total. The molecule has 0 amide bonds. The minimum atomic E-state index is 0.0875. The molecule has 21 heavy (non-hydrogen) atoms. The number of hydrogen-bond acceptors (Lipinski definition) is 3. The first kappa shape index (κ1) is 20.9. The minimum Gasteiger partial charge on any atom is -0.303 e. The largest absolute Gasteiger partial charge is 0.303 e. The molecule has 0 heterocycles. The summed E-state index contributed by atoms with van der Waals surface area (Å²) < 4.78 is 0. The predicted molar refractivity (Wildman–Crippen MR) is 93.6 cm³/mol. The minimum absolute atomic E-state index is 0.0875. The van der Waals surface area contributed by atoms with E-state index < -0.39 is 0 Å². The van der Waals surface area contributed by atoms with E-state index in [1.54, 1.807) is 0 Å². The zero-order valence-corrected chi connectivity index (χ0v) is 15.7. The molecule has 0 aromatic carbocycles. The highest BCUT2D eigenvalue weighted by Gasteiger charge is 2.31. The lowest BCUT2D eigenvalue weighted by Crippen LogP contribution is -2.49. The molecule has 0 aliphatic rings. The van der Waals surface area contributed by atoms with Crippen molar-refractivity contribution in [2.45, 2.75) is 91.6 Å². The van der Waals surface area contributed by atoms with Crippen LogP contribution in [0.4, 0.5) is 0 Å². The van der Waals surface area contributed by atoms with E-state index in [1.807, 2.05) is 0 Å². The number of nitrogens with zero attached hydrogens (tertiary/aromatic N) is 2. The van der Waals surface area contributed by atoms with E-state index in [2.05, 4.69) is 58.6 Å². The lowest BCUT2D eigenvalue weighted by Gasteiger charge is -2.41. The molecule has 0 aromatic rings. The van der Waals surface area contributed by atoms with Crippen molar-refractivity contribution in [2.75, 3.05) is 26.7 Å². The lowest BCUT2D eigenvalue weighted by atomic mass is 9.91. The third-order valence-electron chi connectivity index (χ3n) is 4.26. The summed E-state index contributed by atoms with van der Waals surface area (Å²) in [5, 5.41) is 2.19. The quantitative estimate of drug-likeness (QED) is 0.458. The first-order chi connectivity index (χ1) is 9.92. The first-order valence-electron chi connectivity index (χ1n) is 9.03. The third kappa shape index (κ3) is 8.18. The lowest BCUT2D eigenvalue weighted by molar-refractivity contribution is -0.216. The number of hydroxylamine groups is 2. The second-order valence-electron chi connectivity index (χ2n) is 6.82. The highest BCUT2D eigenvalue weighted by Crippen LogP contribution is 2.25. The van der Waals surface area contributed by atoms with Crippen LogP contribution in [0.3, 0.4) is 0 Å². The van der Waals surface area contributed by atoms with Crippen molar-refractivity contribution >= 4 is 0 Å². The number of hydrogen-bond donors (Lipinski definition) is 0. The van der Waals surface area contributed by atoms with E-state index in [4.69, 9.17) is 4.84 Å². The highest BCUT2D eigenvalue weighted by atomic mass is 16.7. The topological polar surface area (TPSA) is 15.7 Å². The van der Waals surface area contributed by atoms with Gasteiger partial charge in [0, 0.05) is 18.1 Å². The fraction of sp³-hybridized carbons (Fsp3) is 1.00. The van der Waals surface area contributed by atoms with Gasteiger partial charge in [0.05, 0.1) is 6.61 Å². The molecule has 128 valence electrons. The maximum absolute atomic E-state index is 5.96. The molecule has 0 rings (SSSR count). The molecule has 0 spiro atoms. The van der Waals surface area contributed by atoms with Gasteiger partial charge in [-0.15, -0.1) is 0 Å². The van der Waals surface area contributed by atoms with Gasteiger partial charge < -0.3 is 4.90 Å². The van der Waals surface area contributed by atoms with Gasteiger partial charge in [0.2, 0.25) is 0 Å². The SMILES string of the molecule is CCCCN(C)C(CCC)CC(C)(C)N(CC)OCCC. The average Bonchev–Trinajstić information content (AvgIpc) is 2.44. The van der Waals surface area contributed by atoms with Crippen LogP contribution in [0.25, 0.3) is 0 Å². The van der Waals surface area contributed by atoms with Gasteiger partial charge in [-0.25, -0.2) is 0 Å². The standard InChI is InChI=1S/C18H40N2O/c1-8-12-14-19(7)17(13-9-2)16-18(5,6)20(11-4)21-15-10-3/h17H,8-16H2,1-7H3. The van der Waals surface area contributed by atoms with Crippen molar-refractivity contribution in [3.8, 4) is 0 Å². The number of unbranched alkanes of at least 4 members (excludes halogenated alkanes) is 1. The number of rotatable bonds is 13. The van der Waals surface area contributed by atoms with Gasteiger partial charge >= 0.3 is 0 Å². The molecule has 3 nitrogen and oxygen atoms in total. The van der Waals surface area contributed by atoms with Crippen LogP contribution in [-0.2, 0) is 4.84 Å². The highest BCUT2D eigenvalue weighted by molar-refractivity contribution is 4.84. The molecular weight excluding hydrogens is 260 g/mol. The summed E-state index contributed by atoms with van der Waals surface area (Å²) in [6, 6.07) is 0.649. The summed E-state index contributed by atoms with van der Waals surface area (Å²) >= 11 is 0. The first-order valence-corrected chi connectivity index (χ1v) is 9.03. The van der Waals surface area contributed by atoms with Crippen molar-refractivity contribution in [1.82, 2.24) is 9.96 Å². The van der Waals surface area contributed by atoms with Gasteiger partial charge in [-0.1, -0.05) is 40.5 Å². The van der Waals surface area contributed by atoms with Gasteiger partial charge in [-0.05, 0) is 53.1 Å². The zero-order chi connectivity index (χ0) is 16.3. The molecular formula is C18H40N2O. The van der Waals surface area contributed by atoms with Crippen molar-refractivity contribution in [3.05, 3.63) is 0 Å². The van der Waals surface area contributed by atoms with Crippen LogP contribution in [0.15, 0.2) is 0 Å². The van der Waals surface area contributed by atoms with Crippen molar-refractivity contribution in [1.29, 1.82) is 0 Å². The average molecular weight is 301 g/mol. The fourth-order valence-electron chi connectivity index (χ4n) is 2.98. The maximum atomic E-state index is 5.96. The summed E-state index contributed by atoms with van der Waals surface area (Å²) in [7, 11) is 2.29. The Morgan fingerprint density at radius 3 is 2.14 bits per heavy atom. The van der Waals surface area contributed by atoms with Crippen LogP contribution in [0, 0.1) is 0 Å². The molecule has 0 aromatic heterocycles. The summed E-state index contributed by atoms with van der Waals surface area (Å²) in [6.45, 7) is 16.5. The Morgan fingerprint density at radius 2 is 1.67 bits per heavy atom. The van der Waals surface area contributed by atoms with Gasteiger partial charge in [0.1, 0.15) is 0 Å². The van der Waals surface area contributed by atoms with Gasteiger partial charge in [0.15, 0.2) is 0 Å². The Kier molecular flexibility index (Phi) is 11.4. The Morgan fingerprint density at radius 1 is 1.00 bits per heavy atom. The fourth-order valence-corrected chi connectivity index (χ4v) is 2.98. The van der Waals surface area contributed by atoms with Crippen LogP contribution in [0.5, 0.6) is 0 Å². The van der Waals surface area contributed by atoms with Crippen LogP contribution in [0.1, 0.15) is 80.1 Å². The van der Waals surface area contributed by atoms with Gasteiger partial charge in [0.25, 0.3) is 0 Å². The Hall–Kier alpha value is -0.120. The van der Waals surface area contributed by atoms with Crippen molar-refractivity contribution in [3.63, 3.8) is 0 Å². The predicted octanol–water partition coefficient (Wildman–Crippen LogP) is 4.72. The van der Waals surface area contributed by atoms with E-state index >= 15 is 0 Å². The van der Waals surface area contributed by atoms with E-state index in [9.17, 15) is 0 Å². The van der Waals surface area contributed by atoms with E-state index in [0.29, 0.717) is 6.04 Å². The molecule has 0 aliphatic heterocycles. The summed E-state index contributed by atoms with van der Waals surface area (Å²) in [5.74, 6) is 0. The van der Waals surface area contributed by atoms with Crippen LogP contribution in [-0.4, -0.2) is 48.3 Å². The van der Waals surface area contributed by atoms with Crippen LogP contribution < -0.4 is 0 Å². The van der Waals surface area contributed by atoms with E-state index in [-0.39, 0.29) is 5.54 Å². The smallest absolute Gasteiger partial charge is 0.0682 e. The van der Waals surface area contributed by atoms with Crippen LogP contribution in [0.2, 0.25) is 0 Å². The molecule has 0 bridgehead atoms. The summed E-state index contributed by atoms with van der Waals surface area (Å²) in [6.07, 6.45) is 7.32. The Labute approximate surface area is 134 Å². The van der Waals surface area contributed by atoms with Gasteiger partial charge in [-0.3, -0.25) is 4.84 Å². The summed E-state index contributed by atoms with van der Waals surface area (Å²) in [4.78, 5) is 8.52. The van der Waals surface area contributed by atoms with E-state index in [1.165, 1.54) is 38.6 Å². The molecule has 0 saturated carbocycles. The van der Waals surface area contributed by atoms with Gasteiger partial charge in [-0.2, -0.15) is 5.06 Å². The Bertz CT molecular complexity index is 243. The molecule has 0 saturated heterocycles. The molecule has 0 aliphatic carbocycles. The second kappa shape index (κ2) is 11.4. The molecule has 1 atom stereocenters. The molecule has 1 unspecified atom stereocenters. The molecule has 0 radical (unpaired) electrons. The monoisotopic (exact) mass is 300 g/mol. The zero-order valence-electron chi connectivity index (χ0n) is 15.7. The molecule has 0 fully saturated rings.